The normalized spacial score (nSPS) is 10.1. The fourth-order valence-electron chi connectivity index (χ4n) is 1.59. The molecule has 0 spiro atoms. The number of carbonyl (C=O) groups is 2. The van der Waals surface area contributed by atoms with Crippen molar-refractivity contribution in [1.82, 2.24) is 10.2 Å². The molecule has 0 saturated heterocycles. The average Bonchev–Trinajstić information content (AvgIpc) is 2.35. The minimum absolute atomic E-state index is 0.00695. The molecule has 19 heavy (non-hydrogen) atoms. The zero-order chi connectivity index (χ0) is 14.4. The van der Waals surface area contributed by atoms with Gasteiger partial charge in [0.05, 0.1) is 12.1 Å². The minimum Gasteiger partial charge on any atom is -0.355 e. The predicted molar refractivity (Wildman–Crippen MR) is 74.4 cm³/mol. The molecular weight excluding hydrogens is 315 g/mol. The lowest BCUT2D eigenvalue weighted by Gasteiger charge is -2.20. The van der Waals surface area contributed by atoms with Crippen molar-refractivity contribution < 1.29 is 14.0 Å². The standard InChI is InChI=1S/C13H16BrFN2O2/c1-3-16-12(18)8-17(4-2)13(19)10-6-5-9(15)7-11(10)14/h5-7H,3-4,8H2,1-2H3,(H,16,18). The van der Waals surface area contributed by atoms with Crippen LogP contribution in [0.1, 0.15) is 24.2 Å². The van der Waals surface area contributed by atoms with Crippen LogP contribution in [0.15, 0.2) is 22.7 Å². The number of likely N-dealkylation sites (N-methyl/N-ethyl adjacent to an activating group) is 2. The third-order valence-corrected chi connectivity index (χ3v) is 3.19. The fourth-order valence-corrected chi connectivity index (χ4v) is 2.11. The SMILES string of the molecule is CCNC(=O)CN(CC)C(=O)c1ccc(F)cc1Br. The smallest absolute Gasteiger partial charge is 0.255 e. The molecule has 4 nitrogen and oxygen atoms in total. The van der Waals surface area contributed by atoms with Gasteiger partial charge in [0.2, 0.25) is 5.91 Å². The van der Waals surface area contributed by atoms with Crippen molar-refractivity contribution in [1.29, 1.82) is 0 Å². The molecule has 0 fully saturated rings. The molecule has 0 aromatic heterocycles. The molecule has 0 atom stereocenters. The van der Waals surface area contributed by atoms with Gasteiger partial charge in [-0.25, -0.2) is 4.39 Å². The third-order valence-electron chi connectivity index (χ3n) is 2.54. The van der Waals surface area contributed by atoms with Crippen molar-refractivity contribution in [2.45, 2.75) is 13.8 Å². The van der Waals surface area contributed by atoms with Gasteiger partial charge in [0.15, 0.2) is 0 Å². The summed E-state index contributed by atoms with van der Waals surface area (Å²) in [5.74, 6) is -0.938. The zero-order valence-electron chi connectivity index (χ0n) is 10.9. The predicted octanol–water partition coefficient (Wildman–Crippen LogP) is 2.19. The highest BCUT2D eigenvalue weighted by Crippen LogP contribution is 2.19. The Hall–Kier alpha value is -1.43. The van der Waals surface area contributed by atoms with E-state index in [0.29, 0.717) is 23.1 Å². The Kier molecular flexibility index (Phi) is 5.95. The summed E-state index contributed by atoms with van der Waals surface area (Å²) in [6.45, 7) is 4.51. The monoisotopic (exact) mass is 330 g/mol. The largest absolute Gasteiger partial charge is 0.355 e. The second-order valence-electron chi connectivity index (χ2n) is 3.90. The van der Waals surface area contributed by atoms with Gasteiger partial charge in [0.25, 0.3) is 5.91 Å². The summed E-state index contributed by atoms with van der Waals surface area (Å²) in [4.78, 5) is 25.2. The van der Waals surface area contributed by atoms with Crippen molar-refractivity contribution in [3.63, 3.8) is 0 Å². The molecule has 0 aliphatic rings. The number of carbonyl (C=O) groups excluding carboxylic acids is 2. The molecule has 1 aromatic rings. The van der Waals surface area contributed by atoms with Gasteiger partial charge < -0.3 is 10.2 Å². The van der Waals surface area contributed by atoms with Crippen molar-refractivity contribution in [2.75, 3.05) is 19.6 Å². The third kappa shape index (κ3) is 4.31. The number of benzene rings is 1. The first-order valence-corrected chi connectivity index (χ1v) is 6.79. The first kappa shape index (κ1) is 15.6. The number of nitrogens with zero attached hydrogens (tertiary/aromatic N) is 1. The average molecular weight is 331 g/mol. The van der Waals surface area contributed by atoms with Gasteiger partial charge in [0.1, 0.15) is 5.82 Å². The number of nitrogens with one attached hydrogen (secondary N) is 1. The van der Waals surface area contributed by atoms with Gasteiger partial charge in [-0.15, -0.1) is 0 Å². The van der Waals surface area contributed by atoms with Crippen LogP contribution in [0.4, 0.5) is 4.39 Å². The summed E-state index contributed by atoms with van der Waals surface area (Å²) in [6.07, 6.45) is 0. The van der Waals surface area contributed by atoms with Crippen molar-refractivity contribution in [3.05, 3.63) is 34.1 Å². The Morgan fingerprint density at radius 1 is 1.37 bits per heavy atom. The molecule has 1 N–H and O–H groups in total. The van der Waals surface area contributed by atoms with E-state index >= 15 is 0 Å². The maximum absolute atomic E-state index is 13.0. The molecule has 104 valence electrons. The molecule has 0 radical (unpaired) electrons. The lowest BCUT2D eigenvalue weighted by molar-refractivity contribution is -0.121. The molecule has 1 aromatic carbocycles. The van der Waals surface area contributed by atoms with Crippen LogP contribution in [-0.4, -0.2) is 36.3 Å². The maximum atomic E-state index is 13.0. The van der Waals surface area contributed by atoms with E-state index in [1.54, 1.807) is 6.92 Å². The molecule has 0 saturated carbocycles. The van der Waals surface area contributed by atoms with Crippen LogP contribution >= 0.6 is 15.9 Å². The van der Waals surface area contributed by atoms with Crippen LogP contribution in [-0.2, 0) is 4.79 Å². The van der Waals surface area contributed by atoms with Crippen LogP contribution in [0, 0.1) is 5.82 Å². The fraction of sp³-hybridized carbons (Fsp3) is 0.385. The highest BCUT2D eigenvalue weighted by Gasteiger charge is 2.19. The number of amides is 2. The summed E-state index contributed by atoms with van der Waals surface area (Å²) in [5.41, 5.74) is 0.340. The topological polar surface area (TPSA) is 49.4 Å². The van der Waals surface area contributed by atoms with Gasteiger partial charge in [-0.3, -0.25) is 9.59 Å². The van der Waals surface area contributed by atoms with E-state index < -0.39 is 5.82 Å². The Morgan fingerprint density at radius 3 is 2.58 bits per heavy atom. The molecule has 0 aliphatic heterocycles. The molecule has 2 amide bonds. The second-order valence-corrected chi connectivity index (χ2v) is 4.75. The number of rotatable bonds is 5. The molecule has 1 rings (SSSR count). The minimum atomic E-state index is -0.421. The Morgan fingerprint density at radius 2 is 2.05 bits per heavy atom. The summed E-state index contributed by atoms with van der Waals surface area (Å²) in [6, 6.07) is 3.85. The maximum Gasteiger partial charge on any atom is 0.255 e. The van der Waals surface area contributed by atoms with Crippen molar-refractivity contribution in [3.8, 4) is 0 Å². The van der Waals surface area contributed by atoms with Crippen LogP contribution < -0.4 is 5.32 Å². The number of hydrogen-bond acceptors (Lipinski definition) is 2. The van der Waals surface area contributed by atoms with Gasteiger partial charge in [-0.2, -0.15) is 0 Å². The Bertz CT molecular complexity index is 480. The van der Waals surface area contributed by atoms with E-state index in [4.69, 9.17) is 0 Å². The van der Waals surface area contributed by atoms with E-state index in [2.05, 4.69) is 21.2 Å². The highest BCUT2D eigenvalue weighted by atomic mass is 79.9. The van der Waals surface area contributed by atoms with Crippen molar-refractivity contribution in [2.24, 2.45) is 0 Å². The summed E-state index contributed by atoms with van der Waals surface area (Å²) >= 11 is 3.15. The lowest BCUT2D eigenvalue weighted by atomic mass is 10.2. The molecule has 0 unspecified atom stereocenters. The van der Waals surface area contributed by atoms with E-state index in [1.165, 1.54) is 23.1 Å². The quantitative estimate of drug-likeness (QED) is 0.899. The number of halogens is 2. The molecular formula is C13H16BrFN2O2. The zero-order valence-corrected chi connectivity index (χ0v) is 12.5. The van der Waals surface area contributed by atoms with Gasteiger partial charge >= 0.3 is 0 Å². The molecule has 0 aliphatic carbocycles. The van der Waals surface area contributed by atoms with Gasteiger partial charge in [-0.05, 0) is 48.0 Å². The van der Waals surface area contributed by atoms with Crippen LogP contribution in [0.25, 0.3) is 0 Å². The van der Waals surface area contributed by atoms with E-state index in [1.807, 2.05) is 6.92 Å². The summed E-state index contributed by atoms with van der Waals surface area (Å²) < 4.78 is 13.4. The van der Waals surface area contributed by atoms with Crippen LogP contribution in [0.3, 0.4) is 0 Å². The van der Waals surface area contributed by atoms with Gasteiger partial charge in [0, 0.05) is 17.6 Å². The lowest BCUT2D eigenvalue weighted by Crippen LogP contribution is -2.40. The molecule has 6 heteroatoms. The highest BCUT2D eigenvalue weighted by molar-refractivity contribution is 9.10. The van der Waals surface area contributed by atoms with Crippen LogP contribution in [0.2, 0.25) is 0 Å². The molecule has 0 bridgehead atoms. The summed E-state index contributed by atoms with van der Waals surface area (Å²) in [5, 5.41) is 2.64. The van der Waals surface area contributed by atoms with Gasteiger partial charge in [-0.1, -0.05) is 0 Å². The van der Waals surface area contributed by atoms with Crippen LogP contribution in [0.5, 0.6) is 0 Å². The molecule has 0 heterocycles. The first-order chi connectivity index (χ1) is 8.99. The Balaban J connectivity index is 2.86. The van der Waals surface area contributed by atoms with E-state index in [9.17, 15) is 14.0 Å². The van der Waals surface area contributed by atoms with E-state index in [0.717, 1.165) is 0 Å². The second kappa shape index (κ2) is 7.23. The first-order valence-electron chi connectivity index (χ1n) is 6.00. The van der Waals surface area contributed by atoms with Crippen molar-refractivity contribution >= 4 is 27.7 Å². The number of hydrogen-bond donors (Lipinski definition) is 1. The summed E-state index contributed by atoms with van der Waals surface area (Å²) in [7, 11) is 0. The van der Waals surface area contributed by atoms with E-state index in [-0.39, 0.29) is 18.4 Å². The Labute approximate surface area is 120 Å².